The summed E-state index contributed by atoms with van der Waals surface area (Å²) in [6, 6.07) is 13.5. The third-order valence-corrected chi connectivity index (χ3v) is 3.23. The van der Waals surface area contributed by atoms with Gasteiger partial charge in [0.25, 0.3) is 0 Å². The summed E-state index contributed by atoms with van der Waals surface area (Å²) in [5, 5.41) is 13.5. The molecule has 0 heterocycles. The lowest BCUT2D eigenvalue weighted by Crippen LogP contribution is -2.25. The van der Waals surface area contributed by atoms with Gasteiger partial charge in [-0.05, 0) is 23.8 Å². The quantitative estimate of drug-likeness (QED) is 0.930. The Hall–Kier alpha value is -2.14. The van der Waals surface area contributed by atoms with Crippen LogP contribution in [0, 0.1) is 0 Å². The number of carbonyl (C=O) groups is 2. The van der Waals surface area contributed by atoms with Gasteiger partial charge >= 0.3 is 0 Å². The van der Waals surface area contributed by atoms with Gasteiger partial charge in [0.2, 0.25) is 5.91 Å². The van der Waals surface area contributed by atoms with Crippen molar-refractivity contribution in [3.63, 3.8) is 0 Å². The van der Waals surface area contributed by atoms with E-state index < -0.39 is 5.97 Å². The molecule has 0 atom stereocenters. The van der Waals surface area contributed by atoms with Crippen molar-refractivity contribution in [2.75, 3.05) is 5.32 Å². The van der Waals surface area contributed by atoms with Crippen molar-refractivity contribution in [1.82, 2.24) is 0 Å². The predicted octanol–water partition coefficient (Wildman–Crippen LogP) is 1.99. The molecule has 0 unspecified atom stereocenters. The number of carbonyl (C=O) groups excluding carboxylic acids is 2. The summed E-state index contributed by atoms with van der Waals surface area (Å²) in [5.41, 5.74) is 1.06. The SMILES string of the molecule is O=C(Cc1ccc(Br)cc1)Nc1ccccc1C(=O)[O-]. The summed E-state index contributed by atoms with van der Waals surface area (Å²) >= 11 is 3.32. The monoisotopic (exact) mass is 332 g/mol. The highest BCUT2D eigenvalue weighted by molar-refractivity contribution is 9.10. The number of carboxylic acids is 1. The average molecular weight is 333 g/mol. The largest absolute Gasteiger partial charge is 0.545 e. The lowest BCUT2D eigenvalue weighted by molar-refractivity contribution is -0.254. The van der Waals surface area contributed by atoms with Gasteiger partial charge in [-0.25, -0.2) is 0 Å². The van der Waals surface area contributed by atoms with Crippen molar-refractivity contribution in [3.05, 3.63) is 64.1 Å². The normalized spacial score (nSPS) is 10.1. The lowest BCUT2D eigenvalue weighted by atomic mass is 10.1. The number of benzene rings is 2. The zero-order chi connectivity index (χ0) is 14.5. The van der Waals surface area contributed by atoms with Crippen LogP contribution in [0.2, 0.25) is 0 Å². The molecule has 5 heteroatoms. The third-order valence-electron chi connectivity index (χ3n) is 2.70. The highest BCUT2D eigenvalue weighted by Gasteiger charge is 2.08. The van der Waals surface area contributed by atoms with Gasteiger partial charge in [-0.2, -0.15) is 0 Å². The van der Waals surface area contributed by atoms with Gasteiger partial charge in [0, 0.05) is 15.7 Å². The fourth-order valence-electron chi connectivity index (χ4n) is 1.75. The molecule has 0 radical (unpaired) electrons. The molecular weight excluding hydrogens is 322 g/mol. The van der Waals surface area contributed by atoms with Crippen molar-refractivity contribution in [1.29, 1.82) is 0 Å². The van der Waals surface area contributed by atoms with Gasteiger partial charge in [0.05, 0.1) is 12.4 Å². The maximum absolute atomic E-state index is 11.9. The second kappa shape index (κ2) is 6.34. The van der Waals surface area contributed by atoms with Crippen LogP contribution in [0.4, 0.5) is 5.69 Å². The number of hydrogen-bond acceptors (Lipinski definition) is 3. The maximum atomic E-state index is 11.9. The van der Waals surface area contributed by atoms with Gasteiger partial charge in [-0.1, -0.05) is 46.3 Å². The van der Waals surface area contributed by atoms with Gasteiger partial charge < -0.3 is 15.2 Å². The fraction of sp³-hybridized carbons (Fsp3) is 0.0667. The molecule has 0 saturated heterocycles. The minimum atomic E-state index is -1.32. The van der Waals surface area contributed by atoms with Crippen LogP contribution in [0.25, 0.3) is 0 Å². The lowest BCUT2D eigenvalue weighted by Gasteiger charge is -2.11. The number of halogens is 1. The van der Waals surface area contributed by atoms with Crippen LogP contribution >= 0.6 is 15.9 Å². The number of hydrogen-bond donors (Lipinski definition) is 1. The molecule has 0 aliphatic rings. The summed E-state index contributed by atoms with van der Waals surface area (Å²) in [4.78, 5) is 22.8. The molecule has 0 aliphatic carbocycles. The third kappa shape index (κ3) is 3.68. The molecular formula is C15H11BrNO3-. The Balaban J connectivity index is 2.08. The Morgan fingerprint density at radius 1 is 1.05 bits per heavy atom. The summed E-state index contributed by atoms with van der Waals surface area (Å²) in [7, 11) is 0. The number of nitrogens with one attached hydrogen (secondary N) is 1. The van der Waals surface area contributed by atoms with E-state index in [-0.39, 0.29) is 23.6 Å². The van der Waals surface area contributed by atoms with E-state index in [0.29, 0.717) is 0 Å². The van der Waals surface area contributed by atoms with Crippen molar-refractivity contribution < 1.29 is 14.7 Å². The van der Waals surface area contributed by atoms with Crippen LogP contribution in [0.15, 0.2) is 53.0 Å². The average Bonchev–Trinajstić information content (AvgIpc) is 2.41. The van der Waals surface area contributed by atoms with Crippen LogP contribution in [0.1, 0.15) is 15.9 Å². The number of para-hydroxylation sites is 1. The molecule has 2 rings (SSSR count). The van der Waals surface area contributed by atoms with Crippen molar-refractivity contribution >= 4 is 33.5 Å². The molecule has 1 amide bonds. The predicted molar refractivity (Wildman–Crippen MR) is 77.2 cm³/mol. The molecule has 0 fully saturated rings. The van der Waals surface area contributed by atoms with E-state index in [9.17, 15) is 14.7 Å². The summed E-state index contributed by atoms with van der Waals surface area (Å²) in [6.45, 7) is 0. The van der Waals surface area contributed by atoms with Gasteiger partial charge in [0.1, 0.15) is 0 Å². The van der Waals surface area contributed by atoms with Crippen LogP contribution in [-0.2, 0) is 11.2 Å². The Morgan fingerprint density at radius 3 is 2.35 bits per heavy atom. The highest BCUT2D eigenvalue weighted by Crippen LogP contribution is 2.15. The summed E-state index contributed by atoms with van der Waals surface area (Å²) in [6.07, 6.45) is 0.175. The molecule has 0 bridgehead atoms. The van der Waals surface area contributed by atoms with E-state index >= 15 is 0 Å². The number of aromatic carboxylic acids is 1. The molecule has 20 heavy (non-hydrogen) atoms. The van der Waals surface area contributed by atoms with E-state index in [4.69, 9.17) is 0 Å². The van der Waals surface area contributed by atoms with E-state index in [1.165, 1.54) is 12.1 Å². The number of anilines is 1. The Kier molecular flexibility index (Phi) is 4.53. The minimum Gasteiger partial charge on any atom is -0.545 e. The van der Waals surface area contributed by atoms with Crippen molar-refractivity contribution in [3.8, 4) is 0 Å². The number of carboxylic acid groups (broad SMARTS) is 1. The Bertz CT molecular complexity index is 638. The highest BCUT2D eigenvalue weighted by atomic mass is 79.9. The fourth-order valence-corrected chi connectivity index (χ4v) is 2.02. The van der Waals surface area contributed by atoms with Crippen LogP contribution in [0.5, 0.6) is 0 Å². The standard InChI is InChI=1S/C15H12BrNO3/c16-11-7-5-10(6-8-11)9-14(18)17-13-4-2-1-3-12(13)15(19)20/h1-8H,9H2,(H,17,18)(H,19,20)/p-1. The van der Waals surface area contributed by atoms with Gasteiger partial charge in [-0.3, -0.25) is 4.79 Å². The Labute approximate surface area is 124 Å². The first-order valence-corrected chi connectivity index (χ1v) is 6.70. The smallest absolute Gasteiger partial charge is 0.228 e. The van der Waals surface area contributed by atoms with Crippen LogP contribution in [0.3, 0.4) is 0 Å². The first kappa shape index (κ1) is 14.3. The molecule has 0 spiro atoms. The molecule has 102 valence electrons. The summed E-state index contributed by atoms with van der Waals surface area (Å²) in [5.74, 6) is -1.59. The zero-order valence-electron chi connectivity index (χ0n) is 10.4. The zero-order valence-corrected chi connectivity index (χ0v) is 12.0. The van der Waals surface area contributed by atoms with E-state index in [1.807, 2.05) is 24.3 Å². The molecule has 0 aromatic heterocycles. The minimum absolute atomic E-state index is 0.0309. The molecule has 0 aliphatic heterocycles. The van der Waals surface area contributed by atoms with Gasteiger partial charge in [0.15, 0.2) is 0 Å². The first-order valence-electron chi connectivity index (χ1n) is 5.91. The number of rotatable bonds is 4. The molecule has 0 saturated carbocycles. The maximum Gasteiger partial charge on any atom is 0.228 e. The van der Waals surface area contributed by atoms with Crippen molar-refractivity contribution in [2.45, 2.75) is 6.42 Å². The molecule has 2 aromatic rings. The van der Waals surface area contributed by atoms with Crippen LogP contribution in [-0.4, -0.2) is 11.9 Å². The van der Waals surface area contributed by atoms with E-state index in [0.717, 1.165) is 10.0 Å². The van der Waals surface area contributed by atoms with Crippen LogP contribution < -0.4 is 10.4 Å². The number of amides is 1. The topological polar surface area (TPSA) is 69.2 Å². The molecule has 1 N–H and O–H groups in total. The van der Waals surface area contributed by atoms with E-state index in [2.05, 4.69) is 21.2 Å². The Morgan fingerprint density at radius 2 is 1.70 bits per heavy atom. The second-order valence-corrected chi connectivity index (χ2v) is 5.10. The second-order valence-electron chi connectivity index (χ2n) is 4.18. The van der Waals surface area contributed by atoms with E-state index in [1.54, 1.807) is 12.1 Å². The summed E-state index contributed by atoms with van der Waals surface area (Å²) < 4.78 is 0.934. The van der Waals surface area contributed by atoms with Gasteiger partial charge in [-0.15, -0.1) is 0 Å². The first-order chi connectivity index (χ1) is 9.56. The molecule has 4 nitrogen and oxygen atoms in total. The van der Waals surface area contributed by atoms with Crippen molar-refractivity contribution in [2.24, 2.45) is 0 Å². The molecule has 2 aromatic carbocycles.